The molecule has 0 saturated carbocycles. The molecule has 0 bridgehead atoms. The highest BCUT2D eigenvalue weighted by Gasteiger charge is 2.21. The van der Waals surface area contributed by atoms with E-state index in [1.807, 2.05) is 12.5 Å². The average molecular weight is 181 g/mol. The molecular weight excluding hydrogens is 166 g/mol. The molecule has 1 aromatic rings. The largest absolute Gasteiger partial charge is 0.383 e. The molecule has 2 rings (SSSR count). The quantitative estimate of drug-likeness (QED) is 0.722. The van der Waals surface area contributed by atoms with Crippen molar-refractivity contribution in [1.29, 1.82) is 0 Å². The minimum Gasteiger partial charge on any atom is -0.383 e. The van der Waals surface area contributed by atoms with E-state index < -0.39 is 0 Å². The summed E-state index contributed by atoms with van der Waals surface area (Å²) in [6.07, 6.45) is 3.84. The van der Waals surface area contributed by atoms with Gasteiger partial charge in [-0.05, 0) is 0 Å². The maximum absolute atomic E-state index is 5.04. The van der Waals surface area contributed by atoms with Crippen LogP contribution < -0.4 is 5.32 Å². The molecule has 1 aromatic heterocycles. The monoisotopic (exact) mass is 181 g/mol. The smallest absolute Gasteiger partial charge is 0.0949 e. The van der Waals surface area contributed by atoms with E-state index in [0.29, 0.717) is 5.92 Å². The maximum Gasteiger partial charge on any atom is 0.0949 e. The molecule has 4 nitrogen and oxygen atoms in total. The summed E-state index contributed by atoms with van der Waals surface area (Å²) in [4.78, 5) is 4.16. The number of imidazole rings is 1. The first kappa shape index (κ1) is 8.72. The Morgan fingerprint density at radius 2 is 2.54 bits per heavy atom. The van der Waals surface area contributed by atoms with Gasteiger partial charge in [-0.2, -0.15) is 0 Å². The van der Waals surface area contributed by atoms with Gasteiger partial charge in [0.25, 0.3) is 0 Å². The second kappa shape index (κ2) is 3.89. The third-order valence-corrected chi connectivity index (χ3v) is 2.48. The summed E-state index contributed by atoms with van der Waals surface area (Å²) in [5.74, 6) is 0.652. The van der Waals surface area contributed by atoms with Crippen molar-refractivity contribution in [3.05, 3.63) is 18.2 Å². The predicted octanol–water partition coefficient (Wildman–Crippen LogP) is 0.216. The second-order valence-electron chi connectivity index (χ2n) is 3.36. The lowest BCUT2D eigenvalue weighted by atomic mass is 10.00. The van der Waals surface area contributed by atoms with Gasteiger partial charge in [-0.25, -0.2) is 4.98 Å². The molecule has 1 N–H and O–H groups in total. The van der Waals surface area contributed by atoms with Crippen LogP contribution in [0.1, 0.15) is 11.6 Å². The Morgan fingerprint density at radius 3 is 3.15 bits per heavy atom. The van der Waals surface area contributed by atoms with Crippen LogP contribution in [0.25, 0.3) is 0 Å². The summed E-state index contributed by atoms with van der Waals surface area (Å²) >= 11 is 0. The van der Waals surface area contributed by atoms with Gasteiger partial charge in [0.2, 0.25) is 0 Å². The predicted molar refractivity (Wildman–Crippen MR) is 49.7 cm³/mol. The summed E-state index contributed by atoms with van der Waals surface area (Å²) in [5, 5.41) is 3.26. The van der Waals surface area contributed by atoms with Crippen LogP contribution in [0.3, 0.4) is 0 Å². The van der Waals surface area contributed by atoms with Crippen molar-refractivity contribution in [1.82, 2.24) is 14.9 Å². The van der Waals surface area contributed by atoms with Crippen LogP contribution in [0.2, 0.25) is 0 Å². The zero-order valence-corrected chi connectivity index (χ0v) is 7.86. The Balaban J connectivity index is 2.02. The Hall–Kier alpha value is -0.870. The SMILES string of the molecule is COCCn1cncc1C1CNC1. The van der Waals surface area contributed by atoms with Crippen LogP contribution in [0.4, 0.5) is 0 Å². The first-order chi connectivity index (χ1) is 6.42. The van der Waals surface area contributed by atoms with Gasteiger partial charge in [0.1, 0.15) is 0 Å². The summed E-state index contributed by atoms with van der Waals surface area (Å²) in [7, 11) is 1.72. The van der Waals surface area contributed by atoms with Crippen LogP contribution in [-0.2, 0) is 11.3 Å². The topological polar surface area (TPSA) is 39.1 Å². The lowest BCUT2D eigenvalue weighted by Crippen LogP contribution is -2.41. The molecule has 4 heteroatoms. The fourth-order valence-electron chi connectivity index (χ4n) is 1.55. The minimum atomic E-state index is 0.652. The van der Waals surface area contributed by atoms with Crippen LogP contribution in [-0.4, -0.2) is 36.4 Å². The minimum absolute atomic E-state index is 0.652. The normalized spacial score (nSPS) is 17.3. The standard InChI is InChI=1S/C9H15N3O/c1-13-3-2-12-7-11-6-9(12)8-4-10-5-8/h6-8,10H,2-5H2,1H3. The highest BCUT2D eigenvalue weighted by Crippen LogP contribution is 2.18. The Morgan fingerprint density at radius 1 is 1.69 bits per heavy atom. The van der Waals surface area contributed by atoms with E-state index in [1.165, 1.54) is 5.69 Å². The molecule has 1 aliphatic rings. The molecule has 0 spiro atoms. The lowest BCUT2D eigenvalue weighted by Gasteiger charge is -2.27. The number of hydrogen-bond acceptors (Lipinski definition) is 3. The number of hydrogen-bond donors (Lipinski definition) is 1. The first-order valence-corrected chi connectivity index (χ1v) is 4.61. The van der Waals surface area contributed by atoms with Gasteiger partial charge in [0, 0.05) is 44.6 Å². The molecule has 1 saturated heterocycles. The van der Waals surface area contributed by atoms with Crippen LogP contribution in [0.15, 0.2) is 12.5 Å². The van der Waals surface area contributed by atoms with E-state index in [9.17, 15) is 0 Å². The average Bonchev–Trinajstić information content (AvgIpc) is 2.46. The fraction of sp³-hybridized carbons (Fsp3) is 0.667. The summed E-state index contributed by atoms with van der Waals surface area (Å²) in [5.41, 5.74) is 1.33. The molecule has 0 radical (unpaired) electrons. The van der Waals surface area contributed by atoms with Crippen molar-refractivity contribution < 1.29 is 4.74 Å². The molecular formula is C9H15N3O. The Labute approximate surface area is 77.9 Å². The van der Waals surface area contributed by atoms with E-state index in [1.54, 1.807) is 7.11 Å². The zero-order chi connectivity index (χ0) is 9.10. The zero-order valence-electron chi connectivity index (χ0n) is 7.86. The highest BCUT2D eigenvalue weighted by atomic mass is 16.5. The summed E-state index contributed by atoms with van der Waals surface area (Å²) in [6.45, 7) is 3.82. The number of methoxy groups -OCH3 is 1. The van der Waals surface area contributed by atoms with Gasteiger partial charge in [-0.1, -0.05) is 0 Å². The van der Waals surface area contributed by atoms with E-state index in [-0.39, 0.29) is 0 Å². The maximum atomic E-state index is 5.04. The first-order valence-electron chi connectivity index (χ1n) is 4.61. The molecule has 0 aromatic carbocycles. The Kier molecular flexibility index (Phi) is 2.61. The molecule has 0 amide bonds. The third-order valence-electron chi connectivity index (χ3n) is 2.48. The van der Waals surface area contributed by atoms with Crippen LogP contribution >= 0.6 is 0 Å². The fourth-order valence-corrected chi connectivity index (χ4v) is 1.55. The molecule has 2 heterocycles. The molecule has 1 fully saturated rings. The second-order valence-corrected chi connectivity index (χ2v) is 3.36. The molecule has 1 aliphatic heterocycles. The molecule has 0 unspecified atom stereocenters. The molecule has 13 heavy (non-hydrogen) atoms. The van der Waals surface area contributed by atoms with Crippen molar-refractivity contribution in [2.45, 2.75) is 12.5 Å². The highest BCUT2D eigenvalue weighted by molar-refractivity contribution is 5.11. The van der Waals surface area contributed by atoms with Crippen molar-refractivity contribution in [2.75, 3.05) is 26.8 Å². The van der Waals surface area contributed by atoms with Crippen molar-refractivity contribution in [3.8, 4) is 0 Å². The van der Waals surface area contributed by atoms with E-state index >= 15 is 0 Å². The van der Waals surface area contributed by atoms with E-state index in [2.05, 4.69) is 14.9 Å². The number of nitrogens with one attached hydrogen (secondary N) is 1. The van der Waals surface area contributed by atoms with Crippen molar-refractivity contribution in [3.63, 3.8) is 0 Å². The number of rotatable bonds is 4. The van der Waals surface area contributed by atoms with Gasteiger partial charge in [-0.3, -0.25) is 0 Å². The van der Waals surface area contributed by atoms with Crippen molar-refractivity contribution in [2.24, 2.45) is 0 Å². The molecule has 0 atom stereocenters. The van der Waals surface area contributed by atoms with Crippen LogP contribution in [0.5, 0.6) is 0 Å². The van der Waals surface area contributed by atoms with Gasteiger partial charge in [0.15, 0.2) is 0 Å². The number of aromatic nitrogens is 2. The summed E-state index contributed by atoms with van der Waals surface area (Å²) in [6, 6.07) is 0. The molecule has 0 aliphatic carbocycles. The summed E-state index contributed by atoms with van der Waals surface area (Å²) < 4.78 is 7.21. The van der Waals surface area contributed by atoms with Gasteiger partial charge in [-0.15, -0.1) is 0 Å². The number of nitrogens with zero attached hydrogens (tertiary/aromatic N) is 2. The van der Waals surface area contributed by atoms with Gasteiger partial charge >= 0.3 is 0 Å². The third kappa shape index (κ3) is 1.73. The number of ether oxygens (including phenoxy) is 1. The van der Waals surface area contributed by atoms with Gasteiger partial charge < -0.3 is 14.6 Å². The van der Waals surface area contributed by atoms with E-state index in [0.717, 1.165) is 26.2 Å². The molecule has 72 valence electrons. The van der Waals surface area contributed by atoms with Crippen molar-refractivity contribution >= 4 is 0 Å². The van der Waals surface area contributed by atoms with Gasteiger partial charge in [0.05, 0.1) is 12.9 Å². The van der Waals surface area contributed by atoms with E-state index in [4.69, 9.17) is 4.74 Å². The lowest BCUT2D eigenvalue weighted by molar-refractivity contribution is 0.185. The van der Waals surface area contributed by atoms with Crippen LogP contribution in [0, 0.1) is 0 Å². The Bertz CT molecular complexity index is 268.